The highest BCUT2D eigenvalue weighted by Gasteiger charge is 2.32. The van der Waals surface area contributed by atoms with Gasteiger partial charge < -0.3 is 24.8 Å². The van der Waals surface area contributed by atoms with Gasteiger partial charge in [0.05, 0.1) is 17.7 Å². The maximum absolute atomic E-state index is 12.8. The molecule has 31 heavy (non-hydrogen) atoms. The summed E-state index contributed by atoms with van der Waals surface area (Å²) in [6.07, 6.45) is 1.80. The highest BCUT2D eigenvalue weighted by atomic mass is 16.6. The molecule has 2 amide bonds. The van der Waals surface area contributed by atoms with E-state index in [1.54, 1.807) is 6.92 Å². The van der Waals surface area contributed by atoms with Crippen LogP contribution in [0.3, 0.4) is 0 Å². The van der Waals surface area contributed by atoms with E-state index in [-0.39, 0.29) is 18.7 Å². The molecule has 0 aliphatic carbocycles. The van der Waals surface area contributed by atoms with Crippen molar-refractivity contribution < 1.29 is 23.8 Å². The number of rotatable bonds is 7. The molecule has 0 saturated carbocycles. The van der Waals surface area contributed by atoms with E-state index in [9.17, 15) is 9.59 Å². The minimum Gasteiger partial charge on any atom is -0.489 e. The van der Waals surface area contributed by atoms with Crippen LogP contribution >= 0.6 is 0 Å². The molecule has 7 heteroatoms. The summed E-state index contributed by atoms with van der Waals surface area (Å²) in [5.41, 5.74) is 2.71. The average molecular weight is 422 g/mol. The fraction of sp³-hybridized carbons (Fsp3) is 0.333. The quantitative estimate of drug-likeness (QED) is 0.666. The molecule has 2 heterocycles. The molecule has 0 radical (unpaired) electrons. The Balaban J connectivity index is 1.45. The van der Waals surface area contributed by atoms with Crippen LogP contribution in [0.1, 0.15) is 36.9 Å². The van der Waals surface area contributed by atoms with E-state index in [1.165, 1.54) is 0 Å². The van der Waals surface area contributed by atoms with E-state index in [0.29, 0.717) is 30.2 Å². The van der Waals surface area contributed by atoms with Crippen LogP contribution in [0.4, 0.5) is 4.79 Å². The van der Waals surface area contributed by atoms with Crippen LogP contribution in [-0.2, 0) is 20.9 Å². The molecule has 2 aromatic rings. The fourth-order valence-corrected chi connectivity index (χ4v) is 3.73. The van der Waals surface area contributed by atoms with Gasteiger partial charge >= 0.3 is 12.0 Å². The van der Waals surface area contributed by atoms with Gasteiger partial charge in [-0.25, -0.2) is 9.59 Å². The van der Waals surface area contributed by atoms with Crippen LogP contribution in [0, 0.1) is 0 Å². The van der Waals surface area contributed by atoms with Crippen molar-refractivity contribution in [3.63, 3.8) is 0 Å². The average Bonchev–Trinajstić information content (AvgIpc) is 3.30. The van der Waals surface area contributed by atoms with Crippen molar-refractivity contribution in [3.05, 3.63) is 77.0 Å². The summed E-state index contributed by atoms with van der Waals surface area (Å²) < 4.78 is 16.8. The van der Waals surface area contributed by atoms with Crippen LogP contribution in [0.5, 0.6) is 5.75 Å². The predicted molar refractivity (Wildman–Crippen MR) is 114 cm³/mol. The molecular weight excluding hydrogens is 396 g/mol. The molecule has 1 fully saturated rings. The second kappa shape index (κ2) is 9.66. The summed E-state index contributed by atoms with van der Waals surface area (Å²) in [7, 11) is 0. The topological polar surface area (TPSA) is 85.9 Å². The molecule has 7 nitrogen and oxygen atoms in total. The largest absolute Gasteiger partial charge is 0.489 e. The second-order valence-corrected chi connectivity index (χ2v) is 7.65. The Morgan fingerprint density at radius 3 is 2.61 bits per heavy atom. The molecule has 0 spiro atoms. The molecule has 1 saturated heterocycles. The Hall–Kier alpha value is -3.32. The van der Waals surface area contributed by atoms with Crippen molar-refractivity contribution in [2.45, 2.75) is 38.5 Å². The number of benzene rings is 2. The number of hydrogen-bond acceptors (Lipinski definition) is 5. The third kappa shape index (κ3) is 5.24. The molecular formula is C24H26N2O5. The highest BCUT2D eigenvalue weighted by molar-refractivity contribution is 5.95. The van der Waals surface area contributed by atoms with Gasteiger partial charge in [0.15, 0.2) is 0 Å². The summed E-state index contributed by atoms with van der Waals surface area (Å²) in [4.78, 5) is 24.9. The zero-order valence-electron chi connectivity index (χ0n) is 17.4. The number of ether oxygens (including phenoxy) is 3. The van der Waals surface area contributed by atoms with Crippen molar-refractivity contribution in [3.8, 4) is 5.75 Å². The molecule has 162 valence electrons. The molecule has 0 unspecified atom stereocenters. The maximum Gasteiger partial charge on any atom is 0.338 e. The molecule has 0 aromatic heterocycles. The Morgan fingerprint density at radius 1 is 1.13 bits per heavy atom. The fourth-order valence-electron chi connectivity index (χ4n) is 3.73. The Labute approximate surface area is 181 Å². The summed E-state index contributed by atoms with van der Waals surface area (Å²) in [6, 6.07) is 16.3. The zero-order chi connectivity index (χ0) is 21.6. The van der Waals surface area contributed by atoms with Crippen molar-refractivity contribution in [1.29, 1.82) is 0 Å². The van der Waals surface area contributed by atoms with Crippen LogP contribution in [0.15, 0.2) is 65.9 Å². The van der Waals surface area contributed by atoms with Gasteiger partial charge in [-0.3, -0.25) is 0 Å². The summed E-state index contributed by atoms with van der Waals surface area (Å²) >= 11 is 0. The van der Waals surface area contributed by atoms with Gasteiger partial charge in [0.1, 0.15) is 19.0 Å². The first kappa shape index (κ1) is 20.9. The minimum absolute atomic E-state index is 0.0597. The van der Waals surface area contributed by atoms with E-state index in [2.05, 4.69) is 10.6 Å². The van der Waals surface area contributed by atoms with Gasteiger partial charge in [-0.2, -0.15) is 0 Å². The number of carbonyl (C=O) groups excluding carboxylic acids is 2. The van der Waals surface area contributed by atoms with Crippen LogP contribution in [-0.4, -0.2) is 31.3 Å². The Morgan fingerprint density at radius 2 is 1.90 bits per heavy atom. The lowest BCUT2D eigenvalue weighted by Crippen LogP contribution is -2.45. The van der Waals surface area contributed by atoms with Gasteiger partial charge in [0, 0.05) is 12.3 Å². The third-order valence-corrected chi connectivity index (χ3v) is 5.38. The maximum atomic E-state index is 12.8. The molecule has 2 aliphatic heterocycles. The number of allylic oxidation sites excluding steroid dienone is 1. The standard InChI is InChI=1S/C24H26N2O5/c1-16-21(23(27)31-15-20-8-5-13-29-20)22(26-24(28)25-16)18-9-11-19(12-10-18)30-14-17-6-3-2-4-7-17/h2-4,6-7,9-12,20,22H,5,8,13-15H2,1H3,(H2,25,26,28)/t20-,22+/m0/s1. The van der Waals surface area contributed by atoms with Crippen LogP contribution in [0.2, 0.25) is 0 Å². The zero-order valence-corrected chi connectivity index (χ0v) is 17.4. The van der Waals surface area contributed by atoms with Crippen molar-refractivity contribution in [2.24, 2.45) is 0 Å². The SMILES string of the molecule is CC1=C(C(=O)OC[C@@H]2CCCO2)[C@@H](c2ccc(OCc3ccccc3)cc2)NC(=O)N1. The number of hydrogen-bond donors (Lipinski definition) is 2. The van der Waals surface area contributed by atoms with E-state index >= 15 is 0 Å². The Kier molecular flexibility index (Phi) is 6.52. The normalized spacial score (nSPS) is 20.7. The lowest BCUT2D eigenvalue weighted by Gasteiger charge is -2.28. The number of urea groups is 1. The van der Waals surface area contributed by atoms with Gasteiger partial charge in [-0.1, -0.05) is 42.5 Å². The molecule has 2 aliphatic rings. The van der Waals surface area contributed by atoms with Crippen molar-refractivity contribution >= 4 is 12.0 Å². The number of amides is 2. The first-order valence-electron chi connectivity index (χ1n) is 10.4. The van der Waals surface area contributed by atoms with Crippen molar-refractivity contribution in [2.75, 3.05) is 13.2 Å². The number of nitrogens with one attached hydrogen (secondary N) is 2. The van der Waals surface area contributed by atoms with E-state index in [4.69, 9.17) is 14.2 Å². The number of esters is 1. The van der Waals surface area contributed by atoms with Gasteiger partial charge in [-0.15, -0.1) is 0 Å². The third-order valence-electron chi connectivity index (χ3n) is 5.38. The predicted octanol–water partition coefficient (Wildman–Crippen LogP) is 3.62. The minimum atomic E-state index is -0.603. The first-order chi connectivity index (χ1) is 15.1. The summed E-state index contributed by atoms with van der Waals surface area (Å²) in [5, 5.41) is 5.48. The molecule has 0 bridgehead atoms. The molecule has 2 atom stereocenters. The van der Waals surface area contributed by atoms with Crippen LogP contribution in [0.25, 0.3) is 0 Å². The second-order valence-electron chi connectivity index (χ2n) is 7.65. The molecule has 4 rings (SSSR count). The number of carbonyl (C=O) groups is 2. The van der Waals surface area contributed by atoms with Gasteiger partial charge in [0.25, 0.3) is 0 Å². The lowest BCUT2D eigenvalue weighted by atomic mass is 9.95. The molecule has 2 aromatic carbocycles. The van der Waals surface area contributed by atoms with E-state index in [1.807, 2.05) is 54.6 Å². The lowest BCUT2D eigenvalue weighted by molar-refractivity contribution is -0.142. The monoisotopic (exact) mass is 422 g/mol. The summed E-state index contributed by atoms with van der Waals surface area (Å²) in [6.45, 7) is 3.07. The molecule has 2 N–H and O–H groups in total. The van der Waals surface area contributed by atoms with E-state index < -0.39 is 12.0 Å². The van der Waals surface area contributed by atoms with Gasteiger partial charge in [-0.05, 0) is 43.0 Å². The first-order valence-corrected chi connectivity index (χ1v) is 10.4. The Bertz CT molecular complexity index is 950. The summed E-state index contributed by atoms with van der Waals surface area (Å²) in [5.74, 6) is 0.242. The highest BCUT2D eigenvalue weighted by Crippen LogP contribution is 2.29. The smallest absolute Gasteiger partial charge is 0.338 e. The van der Waals surface area contributed by atoms with Crippen LogP contribution < -0.4 is 15.4 Å². The van der Waals surface area contributed by atoms with Crippen molar-refractivity contribution in [1.82, 2.24) is 10.6 Å². The van der Waals surface area contributed by atoms with E-state index in [0.717, 1.165) is 24.0 Å². The van der Waals surface area contributed by atoms with Gasteiger partial charge in [0.2, 0.25) is 0 Å².